The van der Waals surface area contributed by atoms with Crippen LogP contribution in [0.25, 0.3) is 0 Å². The molecule has 2 rings (SSSR count). The molecular weight excluding hydrogens is 1090 g/mol. The number of amides is 1. The molecule has 14 heteroatoms. The van der Waals surface area contributed by atoms with Crippen molar-refractivity contribution in [2.24, 2.45) is 0 Å². The van der Waals surface area contributed by atoms with Crippen molar-refractivity contribution in [2.45, 2.75) is 331 Å². The number of nitrogens with one attached hydrogen (secondary N) is 1. The fourth-order valence-electron chi connectivity index (χ4n) is 10.8. The number of carbonyl (C=O) groups excluding carboxylic acids is 1. The molecular formula is C72H125NO13. The molecule has 1 amide bonds. The molecule has 0 aromatic rings. The van der Waals surface area contributed by atoms with E-state index in [0.717, 1.165) is 77.0 Å². The summed E-state index contributed by atoms with van der Waals surface area (Å²) >= 11 is 0. The quantitative estimate of drug-likeness (QED) is 0.0204. The summed E-state index contributed by atoms with van der Waals surface area (Å²) in [6.07, 6.45) is 61.8. The number of ether oxygens (including phenoxy) is 4. The molecule has 2 aliphatic rings. The van der Waals surface area contributed by atoms with Crippen molar-refractivity contribution in [3.05, 3.63) is 97.2 Å². The number of carbonyl (C=O) groups is 1. The van der Waals surface area contributed by atoms with Crippen LogP contribution in [0.15, 0.2) is 97.2 Å². The minimum Gasteiger partial charge on any atom is -0.394 e. The van der Waals surface area contributed by atoms with Gasteiger partial charge in [-0.05, 0) is 83.5 Å². The number of hydrogen-bond donors (Lipinski definition) is 9. The molecule has 14 nitrogen and oxygen atoms in total. The number of rotatable bonds is 55. The molecule has 0 aliphatic carbocycles. The van der Waals surface area contributed by atoms with Gasteiger partial charge in [0.2, 0.25) is 5.91 Å². The SMILES string of the molecule is CC/C=C\C/C=C\C/C=C\C/C=C\C/C=C\C/C=C\CCCCCCC(=O)NC(COC1OC(CO)C(OC2OC(CO)C(O)C(O)C2O)C(O)C1O)C(O)/C=C/CC/C=C/CCCCCCCCCCCCCCCCCCCCCCCCC. The Labute approximate surface area is 522 Å². The van der Waals surface area contributed by atoms with E-state index >= 15 is 0 Å². The second kappa shape index (κ2) is 55.9. The summed E-state index contributed by atoms with van der Waals surface area (Å²) in [5.74, 6) is -0.275. The van der Waals surface area contributed by atoms with E-state index in [9.17, 15) is 45.6 Å². The number of allylic oxidation sites excluding steroid dienone is 15. The van der Waals surface area contributed by atoms with Gasteiger partial charge in [0.15, 0.2) is 12.6 Å². The number of unbranched alkanes of at least 4 members (excludes halogenated alkanes) is 28. The lowest BCUT2D eigenvalue weighted by atomic mass is 9.97. The molecule has 2 heterocycles. The molecule has 0 radical (unpaired) electrons. The third kappa shape index (κ3) is 39.8. The second-order valence-corrected chi connectivity index (χ2v) is 23.9. The van der Waals surface area contributed by atoms with Crippen molar-refractivity contribution in [1.29, 1.82) is 0 Å². The highest BCUT2D eigenvalue weighted by atomic mass is 16.7. The lowest BCUT2D eigenvalue weighted by Gasteiger charge is -2.46. The van der Waals surface area contributed by atoms with Crippen LogP contribution in [-0.2, 0) is 23.7 Å². The lowest BCUT2D eigenvalue weighted by molar-refractivity contribution is -0.359. The largest absolute Gasteiger partial charge is 0.394 e. The zero-order valence-corrected chi connectivity index (χ0v) is 53.8. The number of aliphatic hydroxyl groups is 8. The minimum atomic E-state index is -1.80. The molecule has 0 aromatic carbocycles. The van der Waals surface area contributed by atoms with Crippen LogP contribution in [0.1, 0.15) is 258 Å². The Morgan fingerprint density at radius 3 is 1.28 bits per heavy atom. The van der Waals surface area contributed by atoms with Crippen LogP contribution < -0.4 is 5.32 Å². The fourth-order valence-corrected chi connectivity index (χ4v) is 10.8. The standard InChI is InChI=1S/C72H125NO13/c1-3-5-7-9-11-13-15-17-19-21-23-25-27-28-29-30-31-32-34-35-37-39-41-43-45-47-49-51-53-55-61(76)60(59-83-71-69(82)67(80)70(63(58-75)85-71)86-72-68(81)66(79)65(78)62(57-74)84-72)73-64(77)56-54-52-50-48-46-44-42-40-38-36-33-26-24-22-20-18-16-14-12-10-8-6-4-2/h6,8,12,14,18,20,24,26,36,38,42,44-45,47,53,55,60-63,65-72,74-76,78-82H,3-5,7,9-11,13,15-17,19,21-23,25,27-35,37,39-41,43,46,48-52,54,56-59H2,1-2H3,(H,73,77)/b8-6-,14-12-,20-18-,26-24-,38-36-,44-42-,47-45+,55-53+. The Morgan fingerprint density at radius 2 is 0.814 bits per heavy atom. The van der Waals surface area contributed by atoms with Gasteiger partial charge in [0.1, 0.15) is 48.8 Å². The highest BCUT2D eigenvalue weighted by Crippen LogP contribution is 2.30. The minimum absolute atomic E-state index is 0.238. The number of hydrogen-bond acceptors (Lipinski definition) is 13. The van der Waals surface area contributed by atoms with E-state index in [1.165, 1.54) is 148 Å². The molecule has 9 N–H and O–H groups in total. The summed E-state index contributed by atoms with van der Waals surface area (Å²) in [4.78, 5) is 13.3. The highest BCUT2D eigenvalue weighted by Gasteiger charge is 2.51. The average molecular weight is 1210 g/mol. The van der Waals surface area contributed by atoms with Crippen LogP contribution in [0, 0.1) is 0 Å². The zero-order valence-electron chi connectivity index (χ0n) is 53.8. The molecule has 0 spiro atoms. The van der Waals surface area contributed by atoms with Crippen molar-refractivity contribution in [3.8, 4) is 0 Å². The second-order valence-electron chi connectivity index (χ2n) is 23.9. The maximum atomic E-state index is 13.3. The summed E-state index contributed by atoms with van der Waals surface area (Å²) in [5.41, 5.74) is 0. The topological polar surface area (TPSA) is 228 Å². The molecule has 0 saturated carbocycles. The van der Waals surface area contributed by atoms with E-state index in [2.05, 4.69) is 104 Å². The lowest BCUT2D eigenvalue weighted by Crippen LogP contribution is -2.65. The molecule has 2 aliphatic heterocycles. The Bertz CT molecular complexity index is 1810. The van der Waals surface area contributed by atoms with Crippen LogP contribution in [0.2, 0.25) is 0 Å². The van der Waals surface area contributed by atoms with Crippen LogP contribution in [0.3, 0.4) is 0 Å². The molecule has 0 bridgehead atoms. The van der Waals surface area contributed by atoms with Gasteiger partial charge in [0.25, 0.3) is 0 Å². The Kier molecular flexibility index (Phi) is 51.4. The summed E-state index contributed by atoms with van der Waals surface area (Å²) in [6, 6.07) is -0.954. The van der Waals surface area contributed by atoms with E-state index in [-0.39, 0.29) is 18.9 Å². The molecule has 2 saturated heterocycles. The van der Waals surface area contributed by atoms with Gasteiger partial charge in [-0.1, -0.05) is 265 Å². The van der Waals surface area contributed by atoms with Crippen LogP contribution in [0.5, 0.6) is 0 Å². The summed E-state index contributed by atoms with van der Waals surface area (Å²) in [6.45, 7) is 2.66. The van der Waals surface area contributed by atoms with Crippen LogP contribution in [-0.4, -0.2) is 140 Å². The maximum Gasteiger partial charge on any atom is 0.220 e. The molecule has 86 heavy (non-hydrogen) atoms. The zero-order chi connectivity index (χ0) is 62.3. The molecule has 12 unspecified atom stereocenters. The van der Waals surface area contributed by atoms with Crippen LogP contribution in [0.4, 0.5) is 0 Å². The predicted octanol–water partition coefficient (Wildman–Crippen LogP) is 13.8. The van der Waals surface area contributed by atoms with Crippen molar-refractivity contribution in [3.63, 3.8) is 0 Å². The van der Waals surface area contributed by atoms with Gasteiger partial charge in [-0.2, -0.15) is 0 Å². The first-order chi connectivity index (χ1) is 42.1. The van der Waals surface area contributed by atoms with E-state index in [4.69, 9.17) is 18.9 Å². The molecule has 12 atom stereocenters. The highest BCUT2D eigenvalue weighted by molar-refractivity contribution is 5.76. The molecule has 2 fully saturated rings. The first-order valence-electron chi connectivity index (χ1n) is 34.5. The predicted molar refractivity (Wildman–Crippen MR) is 350 cm³/mol. The van der Waals surface area contributed by atoms with Crippen molar-refractivity contribution in [2.75, 3.05) is 19.8 Å². The third-order valence-electron chi connectivity index (χ3n) is 16.3. The normalized spacial score (nSPS) is 24.0. The first-order valence-corrected chi connectivity index (χ1v) is 34.5. The smallest absolute Gasteiger partial charge is 0.220 e. The van der Waals surface area contributed by atoms with E-state index in [0.29, 0.717) is 12.8 Å². The van der Waals surface area contributed by atoms with Crippen molar-refractivity contribution < 1.29 is 64.6 Å². The van der Waals surface area contributed by atoms with Gasteiger partial charge >= 0.3 is 0 Å². The van der Waals surface area contributed by atoms with E-state index in [1.54, 1.807) is 6.08 Å². The monoisotopic (exact) mass is 1210 g/mol. The Morgan fingerprint density at radius 1 is 0.430 bits per heavy atom. The van der Waals surface area contributed by atoms with Gasteiger partial charge in [0, 0.05) is 6.42 Å². The molecule has 496 valence electrons. The van der Waals surface area contributed by atoms with Gasteiger partial charge in [-0.3, -0.25) is 4.79 Å². The fraction of sp³-hybridized carbons (Fsp3) is 0.764. The van der Waals surface area contributed by atoms with Crippen molar-refractivity contribution in [1.82, 2.24) is 5.32 Å². The third-order valence-corrected chi connectivity index (χ3v) is 16.3. The Hall–Kier alpha value is -3.09. The van der Waals surface area contributed by atoms with Crippen LogP contribution >= 0.6 is 0 Å². The first kappa shape index (κ1) is 79.0. The van der Waals surface area contributed by atoms with E-state index < -0.39 is 86.8 Å². The number of aliphatic hydroxyl groups excluding tert-OH is 8. The summed E-state index contributed by atoms with van der Waals surface area (Å²) in [7, 11) is 0. The summed E-state index contributed by atoms with van der Waals surface area (Å²) in [5, 5.41) is 87.3. The average Bonchev–Trinajstić information content (AvgIpc) is 2.54. The molecule has 0 aromatic heterocycles. The van der Waals surface area contributed by atoms with Gasteiger partial charge < -0.3 is 65.1 Å². The summed E-state index contributed by atoms with van der Waals surface area (Å²) < 4.78 is 22.8. The van der Waals surface area contributed by atoms with Crippen molar-refractivity contribution >= 4 is 5.91 Å². The van der Waals surface area contributed by atoms with Gasteiger partial charge in [0.05, 0.1) is 32.0 Å². The van der Waals surface area contributed by atoms with Gasteiger partial charge in [-0.25, -0.2) is 0 Å². The van der Waals surface area contributed by atoms with Gasteiger partial charge in [-0.15, -0.1) is 0 Å². The Balaban J connectivity index is 1.73. The maximum absolute atomic E-state index is 13.3. The van der Waals surface area contributed by atoms with E-state index in [1.807, 2.05) is 6.08 Å².